The first-order valence-electron chi connectivity index (χ1n) is 7.98. The van der Waals surface area contributed by atoms with Gasteiger partial charge >= 0.3 is 0 Å². The fourth-order valence-electron chi connectivity index (χ4n) is 2.52. The molecule has 1 fully saturated rings. The van der Waals surface area contributed by atoms with Crippen LogP contribution in [0.5, 0.6) is 0 Å². The molecule has 22 heavy (non-hydrogen) atoms. The fourth-order valence-corrected chi connectivity index (χ4v) is 2.78. The average Bonchev–Trinajstić information content (AvgIpc) is 2.48. The third-order valence-electron chi connectivity index (χ3n) is 4.32. The topological polar surface area (TPSA) is 35.6 Å². The van der Waals surface area contributed by atoms with Crippen LogP contribution in [0.3, 0.4) is 0 Å². The summed E-state index contributed by atoms with van der Waals surface area (Å²) in [5.74, 6) is 0.577. The van der Waals surface area contributed by atoms with Gasteiger partial charge in [0.15, 0.2) is 0 Å². The first-order valence-corrected chi connectivity index (χ1v) is 8.36. The Labute approximate surface area is 138 Å². The van der Waals surface area contributed by atoms with Crippen LogP contribution < -0.4 is 10.2 Å². The maximum atomic E-state index is 12.0. The summed E-state index contributed by atoms with van der Waals surface area (Å²) in [6.07, 6.45) is 0. The molecule has 1 aromatic carbocycles. The van der Waals surface area contributed by atoms with Crippen molar-refractivity contribution in [3.05, 3.63) is 29.3 Å². The Kier molecular flexibility index (Phi) is 6.09. The Morgan fingerprint density at radius 1 is 1.18 bits per heavy atom. The Balaban J connectivity index is 1.80. The molecule has 0 radical (unpaired) electrons. The van der Waals surface area contributed by atoms with Crippen LogP contribution in [0.25, 0.3) is 0 Å². The highest BCUT2D eigenvalue weighted by molar-refractivity contribution is 6.33. The lowest BCUT2D eigenvalue weighted by atomic mass is 10.1. The molecule has 5 heteroatoms. The molecule has 1 aliphatic rings. The Hall–Kier alpha value is -1.26. The van der Waals surface area contributed by atoms with Crippen LogP contribution in [0, 0.1) is 5.92 Å². The number of hydrogen-bond acceptors (Lipinski definition) is 3. The Morgan fingerprint density at radius 2 is 1.82 bits per heavy atom. The molecule has 1 N–H and O–H groups in total. The zero-order chi connectivity index (χ0) is 16.1. The number of nitrogens with one attached hydrogen (secondary N) is 1. The minimum atomic E-state index is 0.118. The molecule has 0 spiro atoms. The molecule has 1 aliphatic heterocycles. The van der Waals surface area contributed by atoms with Gasteiger partial charge in [-0.2, -0.15) is 0 Å². The van der Waals surface area contributed by atoms with Gasteiger partial charge in [0.1, 0.15) is 0 Å². The van der Waals surface area contributed by atoms with Crippen molar-refractivity contribution in [2.75, 3.05) is 37.6 Å². The van der Waals surface area contributed by atoms with E-state index in [1.807, 2.05) is 18.2 Å². The summed E-state index contributed by atoms with van der Waals surface area (Å²) < 4.78 is 0. The van der Waals surface area contributed by atoms with Gasteiger partial charge in [0.25, 0.3) is 0 Å². The second-order valence-corrected chi connectivity index (χ2v) is 6.72. The molecule has 0 aromatic heterocycles. The van der Waals surface area contributed by atoms with E-state index in [0.29, 0.717) is 12.5 Å². The summed E-state index contributed by atoms with van der Waals surface area (Å²) >= 11 is 6.25. The van der Waals surface area contributed by atoms with Gasteiger partial charge in [-0.25, -0.2) is 0 Å². The number of para-hydroxylation sites is 1. The van der Waals surface area contributed by atoms with E-state index in [-0.39, 0.29) is 11.9 Å². The minimum Gasteiger partial charge on any atom is -0.368 e. The van der Waals surface area contributed by atoms with Gasteiger partial charge < -0.3 is 10.2 Å². The predicted octanol–water partition coefficient (Wildman–Crippen LogP) is 2.62. The van der Waals surface area contributed by atoms with Gasteiger partial charge in [0.05, 0.1) is 17.3 Å². The quantitative estimate of drug-likeness (QED) is 0.905. The second kappa shape index (κ2) is 7.84. The molecule has 1 amide bonds. The highest BCUT2D eigenvalue weighted by Gasteiger charge is 2.21. The zero-order valence-electron chi connectivity index (χ0n) is 13.7. The molecule has 1 atom stereocenters. The number of piperazine rings is 1. The van der Waals surface area contributed by atoms with Crippen LogP contribution in [0.1, 0.15) is 20.8 Å². The van der Waals surface area contributed by atoms with E-state index in [9.17, 15) is 4.79 Å². The van der Waals surface area contributed by atoms with Crippen molar-refractivity contribution < 1.29 is 4.79 Å². The molecular formula is C17H26ClN3O. The highest BCUT2D eigenvalue weighted by Crippen LogP contribution is 2.25. The molecule has 0 aliphatic carbocycles. The van der Waals surface area contributed by atoms with E-state index in [1.165, 1.54) is 0 Å². The van der Waals surface area contributed by atoms with Crippen molar-refractivity contribution in [1.82, 2.24) is 10.2 Å². The lowest BCUT2D eigenvalue weighted by Crippen LogP contribution is -2.50. The Bertz CT molecular complexity index is 498. The Morgan fingerprint density at radius 3 is 2.41 bits per heavy atom. The smallest absolute Gasteiger partial charge is 0.234 e. The van der Waals surface area contributed by atoms with Crippen LogP contribution in [-0.2, 0) is 4.79 Å². The summed E-state index contributed by atoms with van der Waals surface area (Å²) in [6.45, 7) is 10.3. The number of anilines is 1. The molecule has 2 rings (SSSR count). The third kappa shape index (κ3) is 4.62. The maximum absolute atomic E-state index is 12.0. The van der Waals surface area contributed by atoms with Crippen molar-refractivity contribution in [3.63, 3.8) is 0 Å². The van der Waals surface area contributed by atoms with E-state index >= 15 is 0 Å². The standard InChI is InChI=1S/C17H26ClN3O/c1-13(2)14(3)19-17(22)12-20-8-10-21(11-9-20)16-7-5-4-6-15(16)18/h4-7,13-14H,8-12H2,1-3H3,(H,19,22)/t14-/m1/s1. The third-order valence-corrected chi connectivity index (χ3v) is 4.64. The minimum absolute atomic E-state index is 0.118. The molecule has 4 nitrogen and oxygen atoms in total. The van der Waals surface area contributed by atoms with Crippen molar-refractivity contribution in [1.29, 1.82) is 0 Å². The number of carbonyl (C=O) groups excluding carboxylic acids is 1. The van der Waals surface area contributed by atoms with Crippen molar-refractivity contribution in [2.45, 2.75) is 26.8 Å². The second-order valence-electron chi connectivity index (χ2n) is 6.31. The summed E-state index contributed by atoms with van der Waals surface area (Å²) in [7, 11) is 0. The first-order chi connectivity index (χ1) is 10.5. The van der Waals surface area contributed by atoms with Crippen molar-refractivity contribution in [2.24, 2.45) is 5.92 Å². The zero-order valence-corrected chi connectivity index (χ0v) is 14.4. The number of hydrogen-bond donors (Lipinski definition) is 1. The lowest BCUT2D eigenvalue weighted by Gasteiger charge is -2.36. The number of rotatable bonds is 5. The van der Waals surface area contributed by atoms with E-state index in [1.54, 1.807) is 0 Å². The normalized spacial score (nSPS) is 17.6. The van der Waals surface area contributed by atoms with Gasteiger partial charge in [0, 0.05) is 32.2 Å². The molecule has 0 unspecified atom stereocenters. The number of benzene rings is 1. The van der Waals surface area contributed by atoms with Gasteiger partial charge in [-0.1, -0.05) is 37.6 Å². The van der Waals surface area contributed by atoms with Gasteiger partial charge in [-0.3, -0.25) is 9.69 Å². The molecule has 0 saturated carbocycles. The number of amides is 1. The van der Waals surface area contributed by atoms with Crippen LogP contribution in [0.15, 0.2) is 24.3 Å². The van der Waals surface area contributed by atoms with Crippen LogP contribution >= 0.6 is 11.6 Å². The van der Waals surface area contributed by atoms with Crippen LogP contribution in [0.2, 0.25) is 5.02 Å². The van der Waals surface area contributed by atoms with Crippen LogP contribution in [0.4, 0.5) is 5.69 Å². The van der Waals surface area contributed by atoms with E-state index in [4.69, 9.17) is 11.6 Å². The average molecular weight is 324 g/mol. The van der Waals surface area contributed by atoms with E-state index < -0.39 is 0 Å². The molecular weight excluding hydrogens is 298 g/mol. The molecule has 1 heterocycles. The van der Waals surface area contributed by atoms with Crippen LogP contribution in [-0.4, -0.2) is 49.6 Å². The maximum Gasteiger partial charge on any atom is 0.234 e. The fraction of sp³-hybridized carbons (Fsp3) is 0.588. The largest absolute Gasteiger partial charge is 0.368 e. The van der Waals surface area contributed by atoms with E-state index in [0.717, 1.165) is 36.9 Å². The highest BCUT2D eigenvalue weighted by atomic mass is 35.5. The van der Waals surface area contributed by atoms with Gasteiger partial charge in [-0.15, -0.1) is 0 Å². The molecule has 122 valence electrons. The molecule has 0 bridgehead atoms. The lowest BCUT2D eigenvalue weighted by molar-refractivity contribution is -0.123. The van der Waals surface area contributed by atoms with Gasteiger partial charge in [-0.05, 0) is 25.0 Å². The number of halogens is 1. The number of carbonyl (C=O) groups is 1. The first kappa shape index (κ1) is 17.1. The molecule has 1 aromatic rings. The molecule has 1 saturated heterocycles. The van der Waals surface area contributed by atoms with Crippen molar-refractivity contribution in [3.8, 4) is 0 Å². The van der Waals surface area contributed by atoms with Crippen molar-refractivity contribution >= 4 is 23.2 Å². The number of nitrogens with zero attached hydrogens (tertiary/aromatic N) is 2. The monoisotopic (exact) mass is 323 g/mol. The predicted molar refractivity (Wildman–Crippen MR) is 92.5 cm³/mol. The van der Waals surface area contributed by atoms with Gasteiger partial charge in [0.2, 0.25) is 5.91 Å². The van der Waals surface area contributed by atoms with E-state index in [2.05, 4.69) is 42.0 Å². The summed E-state index contributed by atoms with van der Waals surface area (Å²) in [6, 6.07) is 8.15. The SMILES string of the molecule is CC(C)[C@@H](C)NC(=O)CN1CCN(c2ccccc2Cl)CC1. The summed E-state index contributed by atoms with van der Waals surface area (Å²) in [5.41, 5.74) is 1.08. The summed E-state index contributed by atoms with van der Waals surface area (Å²) in [5, 5.41) is 3.85. The summed E-state index contributed by atoms with van der Waals surface area (Å²) in [4.78, 5) is 16.5.